The van der Waals surface area contributed by atoms with Crippen LogP contribution < -0.4 is 5.63 Å². The van der Waals surface area contributed by atoms with E-state index in [2.05, 4.69) is 11.1 Å². The van der Waals surface area contributed by atoms with Crippen molar-refractivity contribution >= 4 is 57.2 Å². The van der Waals surface area contributed by atoms with Crippen LogP contribution in [-0.2, 0) is 0 Å². The van der Waals surface area contributed by atoms with Crippen LogP contribution >= 0.6 is 34.5 Å². The molecule has 0 unspecified atom stereocenters. The molecule has 0 aliphatic rings. The van der Waals surface area contributed by atoms with Gasteiger partial charge in [0.1, 0.15) is 16.7 Å². The van der Waals surface area contributed by atoms with Crippen molar-refractivity contribution in [3.05, 3.63) is 78.9 Å². The van der Waals surface area contributed by atoms with E-state index in [0.717, 1.165) is 5.39 Å². The molecule has 142 valence electrons. The lowest BCUT2D eigenvalue weighted by Crippen LogP contribution is -2.02. The van der Waals surface area contributed by atoms with Gasteiger partial charge in [-0.15, -0.1) is 11.3 Å². The monoisotopic (exact) mass is 440 g/mol. The van der Waals surface area contributed by atoms with Crippen molar-refractivity contribution in [3.8, 4) is 23.1 Å². The van der Waals surface area contributed by atoms with Crippen molar-refractivity contribution < 1.29 is 9.52 Å². The fourth-order valence-corrected chi connectivity index (χ4v) is 4.03. The van der Waals surface area contributed by atoms with Crippen LogP contribution in [0.4, 0.5) is 0 Å². The van der Waals surface area contributed by atoms with Crippen molar-refractivity contribution in [1.29, 1.82) is 5.26 Å². The summed E-state index contributed by atoms with van der Waals surface area (Å²) in [5.41, 5.74) is 1.54. The van der Waals surface area contributed by atoms with E-state index in [-0.39, 0.29) is 21.4 Å². The summed E-state index contributed by atoms with van der Waals surface area (Å²) in [5, 5.41) is 22.3. The van der Waals surface area contributed by atoms with Gasteiger partial charge in [-0.05, 0) is 35.9 Å². The summed E-state index contributed by atoms with van der Waals surface area (Å²) in [6, 6.07) is 14.0. The molecule has 0 fully saturated rings. The van der Waals surface area contributed by atoms with E-state index in [4.69, 9.17) is 27.6 Å². The first-order chi connectivity index (χ1) is 14.0. The summed E-state index contributed by atoms with van der Waals surface area (Å²) >= 11 is 13.1. The highest BCUT2D eigenvalue weighted by atomic mass is 35.5. The van der Waals surface area contributed by atoms with E-state index >= 15 is 0 Å². The largest absolute Gasteiger partial charge is 0.505 e. The van der Waals surface area contributed by atoms with Crippen molar-refractivity contribution in [2.75, 3.05) is 0 Å². The van der Waals surface area contributed by atoms with Crippen LogP contribution in [-0.4, -0.2) is 10.1 Å². The molecule has 0 saturated carbocycles. The molecule has 8 heteroatoms. The third kappa shape index (κ3) is 3.76. The molecule has 0 bridgehead atoms. The summed E-state index contributed by atoms with van der Waals surface area (Å²) in [5.74, 6) is -0.219. The number of phenolic OH excluding ortho intramolecular Hbond substituents is 1. The minimum atomic E-state index is -0.500. The third-order valence-electron chi connectivity index (χ3n) is 4.12. The van der Waals surface area contributed by atoms with E-state index in [1.54, 1.807) is 29.7 Å². The normalized spacial score (nSPS) is 11.6. The Kier molecular flexibility index (Phi) is 5.12. The number of halogens is 2. The number of nitriles is 1. The highest BCUT2D eigenvalue weighted by molar-refractivity contribution is 7.11. The van der Waals surface area contributed by atoms with Gasteiger partial charge in [0.15, 0.2) is 5.75 Å². The summed E-state index contributed by atoms with van der Waals surface area (Å²) < 4.78 is 5.35. The Balaban J connectivity index is 1.76. The van der Waals surface area contributed by atoms with Gasteiger partial charge in [-0.25, -0.2) is 9.78 Å². The van der Waals surface area contributed by atoms with Gasteiger partial charge in [0.25, 0.3) is 0 Å². The molecule has 0 aliphatic heterocycles. The van der Waals surface area contributed by atoms with Crippen LogP contribution in [0.2, 0.25) is 10.0 Å². The Bertz CT molecular complexity index is 1360. The quantitative estimate of drug-likeness (QED) is 0.312. The number of aromatic hydroxyl groups is 1. The Morgan fingerprint density at radius 2 is 1.93 bits per heavy atom. The van der Waals surface area contributed by atoms with Gasteiger partial charge in [0.05, 0.1) is 26.9 Å². The summed E-state index contributed by atoms with van der Waals surface area (Å²) in [6.07, 6.45) is 1.56. The first-order valence-electron chi connectivity index (χ1n) is 8.25. The number of phenols is 1. The smallest absolute Gasteiger partial charge is 0.345 e. The molecule has 1 N–H and O–H groups in total. The van der Waals surface area contributed by atoms with E-state index in [1.807, 2.05) is 12.1 Å². The standard InChI is InChI=1S/C21H10Cl2N2O3S/c22-15-6-11(7-16(23)19(15)26)5-13(9-24)20-25-17(10-29-20)14-8-12-3-1-2-4-18(12)28-21(14)27/h1-8,10,26H/b13-5+. The molecule has 29 heavy (non-hydrogen) atoms. The lowest BCUT2D eigenvalue weighted by molar-refractivity contribution is 0.476. The number of allylic oxidation sites excluding steroid dienone is 1. The van der Waals surface area contributed by atoms with Gasteiger partial charge in [-0.1, -0.05) is 41.4 Å². The lowest BCUT2D eigenvalue weighted by Gasteiger charge is -2.02. The van der Waals surface area contributed by atoms with E-state index in [0.29, 0.717) is 27.4 Å². The van der Waals surface area contributed by atoms with Crippen molar-refractivity contribution in [1.82, 2.24) is 4.98 Å². The van der Waals surface area contributed by atoms with Gasteiger partial charge in [0.2, 0.25) is 0 Å². The summed E-state index contributed by atoms with van der Waals surface area (Å²) in [4.78, 5) is 16.8. The first kappa shape index (κ1) is 19.2. The second kappa shape index (κ2) is 7.72. The number of hydrogen-bond acceptors (Lipinski definition) is 6. The highest BCUT2D eigenvalue weighted by Crippen LogP contribution is 2.34. The topological polar surface area (TPSA) is 87.1 Å². The second-order valence-corrected chi connectivity index (χ2v) is 7.70. The summed E-state index contributed by atoms with van der Waals surface area (Å²) in [7, 11) is 0. The number of fused-ring (bicyclic) bond motifs is 1. The van der Waals surface area contributed by atoms with Crippen LogP contribution in [0, 0.1) is 11.3 Å². The average molecular weight is 441 g/mol. The van der Waals surface area contributed by atoms with Gasteiger partial charge < -0.3 is 9.52 Å². The Morgan fingerprint density at radius 3 is 2.66 bits per heavy atom. The molecule has 2 aromatic heterocycles. The number of thiazole rings is 1. The predicted octanol–water partition coefficient (Wildman–Crippen LogP) is 5.99. The molecule has 2 heterocycles. The Labute approximate surface area is 178 Å². The highest BCUT2D eigenvalue weighted by Gasteiger charge is 2.14. The van der Waals surface area contributed by atoms with E-state index in [1.165, 1.54) is 23.5 Å². The SMILES string of the molecule is N#C/C(=C\c1cc(Cl)c(O)c(Cl)c1)c1nc(-c2cc3ccccc3oc2=O)cs1. The second-order valence-electron chi connectivity index (χ2n) is 6.03. The molecule has 0 atom stereocenters. The van der Waals surface area contributed by atoms with E-state index in [9.17, 15) is 15.2 Å². The molecular weight excluding hydrogens is 431 g/mol. The summed E-state index contributed by atoms with van der Waals surface area (Å²) in [6.45, 7) is 0. The fraction of sp³-hybridized carbons (Fsp3) is 0. The van der Waals surface area contributed by atoms with Crippen LogP contribution in [0.5, 0.6) is 5.75 Å². The molecule has 2 aromatic carbocycles. The molecule has 0 aliphatic carbocycles. The first-order valence-corrected chi connectivity index (χ1v) is 9.89. The molecule has 0 spiro atoms. The average Bonchev–Trinajstić information content (AvgIpc) is 3.19. The zero-order chi connectivity index (χ0) is 20.5. The van der Waals surface area contributed by atoms with Crippen molar-refractivity contribution in [3.63, 3.8) is 0 Å². The zero-order valence-electron chi connectivity index (χ0n) is 14.5. The van der Waals surface area contributed by atoms with Crippen molar-refractivity contribution in [2.45, 2.75) is 0 Å². The predicted molar refractivity (Wildman–Crippen MR) is 115 cm³/mol. The van der Waals surface area contributed by atoms with Gasteiger partial charge in [0, 0.05) is 10.8 Å². The molecule has 4 rings (SSSR count). The maximum atomic E-state index is 12.3. The molecule has 0 radical (unpaired) electrons. The number of nitrogens with zero attached hydrogens (tertiary/aromatic N) is 2. The molecule has 4 aromatic rings. The van der Waals surface area contributed by atoms with Crippen LogP contribution in [0.15, 0.2) is 57.1 Å². The number of hydrogen-bond donors (Lipinski definition) is 1. The fourth-order valence-electron chi connectivity index (χ4n) is 2.74. The molecule has 5 nitrogen and oxygen atoms in total. The van der Waals surface area contributed by atoms with Gasteiger partial charge in [-0.2, -0.15) is 5.26 Å². The minimum Gasteiger partial charge on any atom is -0.505 e. The number of rotatable bonds is 3. The number of aromatic nitrogens is 1. The maximum absolute atomic E-state index is 12.3. The van der Waals surface area contributed by atoms with E-state index < -0.39 is 5.63 Å². The zero-order valence-corrected chi connectivity index (χ0v) is 16.8. The maximum Gasteiger partial charge on any atom is 0.345 e. The molecule has 0 saturated heterocycles. The third-order valence-corrected chi connectivity index (χ3v) is 5.57. The molecular formula is C21H10Cl2N2O3S. The van der Waals surface area contributed by atoms with Gasteiger partial charge >= 0.3 is 5.63 Å². The molecule has 0 amide bonds. The van der Waals surface area contributed by atoms with Gasteiger partial charge in [-0.3, -0.25) is 0 Å². The number of para-hydroxylation sites is 1. The number of benzene rings is 2. The van der Waals surface area contributed by atoms with Crippen LogP contribution in [0.25, 0.3) is 33.9 Å². The van der Waals surface area contributed by atoms with Crippen LogP contribution in [0.3, 0.4) is 0 Å². The lowest BCUT2D eigenvalue weighted by atomic mass is 10.1. The Hall–Kier alpha value is -3.11. The minimum absolute atomic E-state index is 0.0784. The van der Waals surface area contributed by atoms with Crippen LogP contribution in [0.1, 0.15) is 10.6 Å². The van der Waals surface area contributed by atoms with Crippen molar-refractivity contribution in [2.24, 2.45) is 0 Å². The Morgan fingerprint density at radius 1 is 1.21 bits per heavy atom.